The SMILES string of the molecule is O=C1CCN2C(=C1C(=O)NCc1ccccc1)N(CCCCN1CCCC1)c1ccccc12. The van der Waals surface area contributed by atoms with Gasteiger partial charge in [0.1, 0.15) is 11.4 Å². The van der Waals surface area contributed by atoms with Crippen molar-refractivity contribution in [1.82, 2.24) is 10.2 Å². The Hall–Kier alpha value is -3.12. The number of hydrogen-bond acceptors (Lipinski definition) is 5. The molecule has 0 atom stereocenters. The van der Waals surface area contributed by atoms with Gasteiger partial charge in [-0.2, -0.15) is 0 Å². The summed E-state index contributed by atoms with van der Waals surface area (Å²) in [5, 5.41) is 2.99. The van der Waals surface area contributed by atoms with Gasteiger partial charge in [0.15, 0.2) is 5.78 Å². The van der Waals surface area contributed by atoms with Crippen LogP contribution in [-0.4, -0.2) is 49.3 Å². The lowest BCUT2D eigenvalue weighted by Gasteiger charge is -2.31. The Morgan fingerprint density at radius 1 is 0.848 bits per heavy atom. The van der Waals surface area contributed by atoms with Crippen molar-refractivity contribution < 1.29 is 9.59 Å². The highest BCUT2D eigenvalue weighted by molar-refractivity contribution is 6.22. The van der Waals surface area contributed by atoms with Gasteiger partial charge in [-0.3, -0.25) is 9.59 Å². The zero-order valence-corrected chi connectivity index (χ0v) is 19.1. The second-order valence-electron chi connectivity index (χ2n) is 9.09. The fourth-order valence-corrected chi connectivity index (χ4v) is 5.19. The number of unbranched alkanes of at least 4 members (excludes halogenated alkanes) is 1. The molecule has 1 N–H and O–H groups in total. The van der Waals surface area contributed by atoms with Gasteiger partial charge < -0.3 is 20.0 Å². The van der Waals surface area contributed by atoms with Crippen molar-refractivity contribution in [2.45, 2.75) is 38.6 Å². The Bertz CT molecular complexity index is 1040. The minimum absolute atomic E-state index is 0.0679. The van der Waals surface area contributed by atoms with Gasteiger partial charge >= 0.3 is 0 Å². The number of carbonyl (C=O) groups excluding carboxylic acids is 2. The van der Waals surface area contributed by atoms with E-state index in [9.17, 15) is 9.59 Å². The van der Waals surface area contributed by atoms with Crippen molar-refractivity contribution in [2.75, 3.05) is 42.5 Å². The molecular formula is C27H32N4O2. The molecule has 5 rings (SSSR count). The minimum atomic E-state index is -0.279. The number of para-hydroxylation sites is 2. The molecule has 0 radical (unpaired) electrons. The molecule has 6 heteroatoms. The smallest absolute Gasteiger partial charge is 0.258 e. The van der Waals surface area contributed by atoms with E-state index in [2.05, 4.69) is 32.1 Å². The quantitative estimate of drug-likeness (QED) is 0.497. The van der Waals surface area contributed by atoms with E-state index in [0.29, 0.717) is 25.1 Å². The van der Waals surface area contributed by atoms with Crippen LogP contribution in [-0.2, 0) is 16.1 Å². The summed E-state index contributed by atoms with van der Waals surface area (Å²) in [6.45, 7) is 5.38. The number of fused-ring (bicyclic) bond motifs is 3. The summed E-state index contributed by atoms with van der Waals surface area (Å²) >= 11 is 0. The zero-order chi connectivity index (χ0) is 22.6. The lowest BCUT2D eigenvalue weighted by molar-refractivity contribution is -0.123. The van der Waals surface area contributed by atoms with E-state index in [1.807, 2.05) is 42.5 Å². The molecule has 1 fully saturated rings. The van der Waals surface area contributed by atoms with Crippen molar-refractivity contribution in [2.24, 2.45) is 0 Å². The minimum Gasteiger partial charge on any atom is -0.348 e. The highest BCUT2D eigenvalue weighted by Gasteiger charge is 2.40. The summed E-state index contributed by atoms with van der Waals surface area (Å²) < 4.78 is 0. The number of nitrogens with zero attached hydrogens (tertiary/aromatic N) is 3. The maximum absolute atomic E-state index is 13.3. The molecule has 3 aliphatic rings. The number of benzene rings is 2. The first-order chi connectivity index (χ1) is 16.2. The van der Waals surface area contributed by atoms with Crippen LogP contribution < -0.4 is 15.1 Å². The normalized spacial score (nSPS) is 18.0. The third-order valence-electron chi connectivity index (χ3n) is 6.87. The van der Waals surface area contributed by atoms with Gasteiger partial charge in [0, 0.05) is 26.1 Å². The van der Waals surface area contributed by atoms with E-state index in [-0.39, 0.29) is 11.7 Å². The molecule has 0 saturated carbocycles. The third-order valence-corrected chi connectivity index (χ3v) is 6.87. The van der Waals surface area contributed by atoms with Crippen LogP contribution in [0.5, 0.6) is 0 Å². The van der Waals surface area contributed by atoms with Crippen LogP contribution in [0.15, 0.2) is 66.0 Å². The molecule has 1 saturated heterocycles. The molecule has 3 heterocycles. The van der Waals surface area contributed by atoms with Gasteiger partial charge in [-0.25, -0.2) is 0 Å². The van der Waals surface area contributed by atoms with E-state index in [1.165, 1.54) is 25.9 Å². The standard InChI is InChI=1S/C27H32N4O2/c32-24-14-19-31-23-13-5-4-12-22(23)30(18-9-8-17-29-15-6-7-16-29)27(31)25(24)26(33)28-20-21-10-2-1-3-11-21/h1-5,10-13H,6-9,14-20H2,(H,28,33). The van der Waals surface area contributed by atoms with Crippen LogP contribution in [0.1, 0.15) is 37.7 Å². The number of nitrogens with one attached hydrogen (secondary N) is 1. The van der Waals surface area contributed by atoms with Crippen LogP contribution >= 0.6 is 0 Å². The summed E-state index contributed by atoms with van der Waals surface area (Å²) in [6.07, 6.45) is 5.12. The van der Waals surface area contributed by atoms with Gasteiger partial charge in [-0.15, -0.1) is 0 Å². The maximum Gasteiger partial charge on any atom is 0.258 e. The molecule has 33 heavy (non-hydrogen) atoms. The number of likely N-dealkylation sites (tertiary alicyclic amines) is 1. The van der Waals surface area contributed by atoms with Crippen molar-refractivity contribution in [3.63, 3.8) is 0 Å². The van der Waals surface area contributed by atoms with Crippen LogP contribution in [0, 0.1) is 0 Å². The molecule has 6 nitrogen and oxygen atoms in total. The summed E-state index contributed by atoms with van der Waals surface area (Å²) in [5.74, 6) is 0.416. The lowest BCUT2D eigenvalue weighted by atomic mass is 10.0. The summed E-state index contributed by atoms with van der Waals surface area (Å²) in [4.78, 5) is 33.2. The predicted molar refractivity (Wildman–Crippen MR) is 131 cm³/mol. The van der Waals surface area contributed by atoms with Gasteiger partial charge in [0.05, 0.1) is 11.4 Å². The number of Topliss-reactive ketones (excluding diaryl/α,β-unsaturated/α-hetero) is 1. The Balaban J connectivity index is 1.37. The molecule has 0 aromatic heterocycles. The molecule has 3 aliphatic heterocycles. The number of rotatable bonds is 8. The van der Waals surface area contributed by atoms with E-state index in [1.54, 1.807) is 0 Å². The number of hydrogen-bond donors (Lipinski definition) is 1. The van der Waals surface area contributed by atoms with E-state index in [4.69, 9.17) is 0 Å². The monoisotopic (exact) mass is 444 g/mol. The Kier molecular flexibility index (Phi) is 6.44. The first kappa shape index (κ1) is 21.7. The third kappa shape index (κ3) is 4.53. The van der Waals surface area contributed by atoms with Crippen molar-refractivity contribution in [1.29, 1.82) is 0 Å². The first-order valence-electron chi connectivity index (χ1n) is 12.2. The summed E-state index contributed by atoms with van der Waals surface area (Å²) in [6, 6.07) is 18.1. The maximum atomic E-state index is 13.3. The Morgan fingerprint density at radius 2 is 1.55 bits per heavy atom. The second-order valence-corrected chi connectivity index (χ2v) is 9.09. The summed E-state index contributed by atoms with van der Waals surface area (Å²) in [5.41, 5.74) is 3.50. The van der Waals surface area contributed by atoms with Crippen LogP contribution in [0.25, 0.3) is 0 Å². The fourth-order valence-electron chi connectivity index (χ4n) is 5.19. The fraction of sp³-hybridized carbons (Fsp3) is 0.407. The highest BCUT2D eigenvalue weighted by atomic mass is 16.2. The van der Waals surface area contributed by atoms with Gasteiger partial charge in [-0.05, 0) is 63.0 Å². The van der Waals surface area contributed by atoms with E-state index >= 15 is 0 Å². The molecule has 2 aromatic rings. The second kappa shape index (κ2) is 9.79. The average Bonchev–Trinajstić information content (AvgIpc) is 3.47. The molecule has 0 aliphatic carbocycles. The molecule has 0 spiro atoms. The molecule has 0 unspecified atom stereocenters. The molecule has 2 aromatic carbocycles. The van der Waals surface area contributed by atoms with E-state index < -0.39 is 0 Å². The molecule has 0 bridgehead atoms. The number of anilines is 2. The van der Waals surface area contributed by atoms with Crippen LogP contribution in [0.4, 0.5) is 11.4 Å². The van der Waals surface area contributed by atoms with Crippen molar-refractivity contribution in [3.8, 4) is 0 Å². The van der Waals surface area contributed by atoms with Crippen LogP contribution in [0.2, 0.25) is 0 Å². The first-order valence-corrected chi connectivity index (χ1v) is 12.2. The lowest BCUT2D eigenvalue weighted by Crippen LogP contribution is -2.42. The Morgan fingerprint density at radius 3 is 2.33 bits per heavy atom. The van der Waals surface area contributed by atoms with Gasteiger partial charge in [-0.1, -0.05) is 42.5 Å². The molecule has 172 valence electrons. The number of amides is 1. The van der Waals surface area contributed by atoms with E-state index in [0.717, 1.165) is 48.7 Å². The van der Waals surface area contributed by atoms with Gasteiger partial charge in [0.2, 0.25) is 0 Å². The molecular weight excluding hydrogens is 412 g/mol. The highest BCUT2D eigenvalue weighted by Crippen LogP contribution is 2.44. The topological polar surface area (TPSA) is 55.9 Å². The average molecular weight is 445 g/mol. The largest absolute Gasteiger partial charge is 0.348 e. The molecule has 1 amide bonds. The predicted octanol–water partition coefficient (Wildman–Crippen LogP) is 3.69. The number of ketones is 1. The number of carbonyl (C=O) groups is 2. The summed E-state index contributed by atoms with van der Waals surface area (Å²) in [7, 11) is 0. The van der Waals surface area contributed by atoms with Crippen molar-refractivity contribution in [3.05, 3.63) is 71.6 Å². The zero-order valence-electron chi connectivity index (χ0n) is 19.1. The van der Waals surface area contributed by atoms with Gasteiger partial charge in [0.25, 0.3) is 5.91 Å². The van der Waals surface area contributed by atoms with Crippen molar-refractivity contribution >= 4 is 23.1 Å². The van der Waals surface area contributed by atoms with Crippen LogP contribution in [0.3, 0.4) is 0 Å². The Labute approximate surface area is 195 Å².